The molecule has 1 atom stereocenters. The summed E-state index contributed by atoms with van der Waals surface area (Å²) in [5.41, 5.74) is 0.744. The van der Waals surface area contributed by atoms with Gasteiger partial charge in [-0.15, -0.1) is 0 Å². The van der Waals surface area contributed by atoms with Gasteiger partial charge in [0.2, 0.25) is 0 Å². The molecular weight excluding hydrogens is 284 g/mol. The molecule has 1 N–H and O–H groups in total. The van der Waals surface area contributed by atoms with Crippen molar-refractivity contribution >= 4 is 21.8 Å². The van der Waals surface area contributed by atoms with Crippen molar-refractivity contribution in [3.63, 3.8) is 0 Å². The Kier molecular flexibility index (Phi) is 2.75. The van der Waals surface area contributed by atoms with Crippen LogP contribution in [-0.4, -0.2) is 39.7 Å². The average molecular weight is 299 g/mol. The van der Waals surface area contributed by atoms with Gasteiger partial charge >= 0.3 is 0 Å². The van der Waals surface area contributed by atoms with E-state index in [0.717, 1.165) is 23.0 Å². The maximum atomic E-state index is 12.3. The molecule has 4 nitrogen and oxygen atoms in total. The van der Waals surface area contributed by atoms with Crippen LogP contribution in [0.15, 0.2) is 16.7 Å². The van der Waals surface area contributed by atoms with Crippen molar-refractivity contribution < 1.29 is 9.90 Å². The monoisotopic (exact) mass is 298 g/mol. The lowest BCUT2D eigenvalue weighted by Gasteiger charge is -2.16. The van der Waals surface area contributed by atoms with E-state index in [2.05, 4.69) is 20.5 Å². The fourth-order valence-electron chi connectivity index (χ4n) is 2.36. The molecule has 1 aromatic rings. The number of β-amino-alcohol motifs (C(OH)–C–C–N with tert-alkyl or cyclic N) is 1. The molecule has 1 aliphatic carbocycles. The van der Waals surface area contributed by atoms with Crippen LogP contribution >= 0.6 is 15.9 Å². The van der Waals surface area contributed by atoms with E-state index in [4.69, 9.17) is 0 Å². The van der Waals surface area contributed by atoms with Gasteiger partial charge in [-0.05, 0) is 41.3 Å². The fraction of sp³-hybridized carbons (Fsp3) is 0.583. The van der Waals surface area contributed by atoms with Gasteiger partial charge in [0.05, 0.1) is 6.10 Å². The predicted octanol–water partition coefficient (Wildman–Crippen LogP) is 1.79. The number of carbonyl (C=O) groups excluding carboxylic acids is 1. The Bertz CT molecular complexity index is 453. The molecular formula is C12H15BrN2O2. The van der Waals surface area contributed by atoms with E-state index >= 15 is 0 Å². The van der Waals surface area contributed by atoms with E-state index in [1.54, 1.807) is 4.90 Å². The molecule has 0 radical (unpaired) electrons. The molecule has 1 saturated heterocycles. The van der Waals surface area contributed by atoms with Crippen LogP contribution in [0, 0.1) is 0 Å². The number of aliphatic hydroxyl groups excluding tert-OH is 1. The summed E-state index contributed by atoms with van der Waals surface area (Å²) in [6.07, 6.45) is 4.63. The maximum Gasteiger partial charge on any atom is 0.270 e. The van der Waals surface area contributed by atoms with Crippen molar-refractivity contribution in [2.45, 2.75) is 31.4 Å². The predicted molar refractivity (Wildman–Crippen MR) is 66.9 cm³/mol. The third-order valence-electron chi connectivity index (χ3n) is 3.43. The first-order valence-electron chi connectivity index (χ1n) is 6.00. The van der Waals surface area contributed by atoms with Crippen LogP contribution in [0.3, 0.4) is 0 Å². The van der Waals surface area contributed by atoms with Crippen LogP contribution in [0.25, 0.3) is 0 Å². The number of rotatable bonds is 2. The third kappa shape index (κ3) is 2.13. The van der Waals surface area contributed by atoms with Gasteiger partial charge in [-0.3, -0.25) is 4.79 Å². The van der Waals surface area contributed by atoms with Crippen LogP contribution in [0.4, 0.5) is 0 Å². The standard InChI is InChI=1S/C12H15BrN2O2/c13-8-5-11(15(6-8)9-1-2-9)12(17)14-4-3-10(16)7-14/h5-6,9-10,16H,1-4,7H2/t10-/m0/s1. The van der Waals surface area contributed by atoms with Gasteiger partial charge in [-0.1, -0.05) is 0 Å². The third-order valence-corrected chi connectivity index (χ3v) is 3.86. The lowest BCUT2D eigenvalue weighted by Crippen LogP contribution is -2.31. The zero-order valence-electron chi connectivity index (χ0n) is 9.47. The Morgan fingerprint density at radius 2 is 2.18 bits per heavy atom. The molecule has 1 amide bonds. The van der Waals surface area contributed by atoms with Crippen molar-refractivity contribution in [3.05, 3.63) is 22.4 Å². The van der Waals surface area contributed by atoms with Crippen LogP contribution in [0.2, 0.25) is 0 Å². The molecule has 0 bridgehead atoms. The smallest absolute Gasteiger partial charge is 0.270 e. The highest BCUT2D eigenvalue weighted by Crippen LogP contribution is 2.37. The van der Waals surface area contributed by atoms with Crippen LogP contribution in [0.5, 0.6) is 0 Å². The fourth-order valence-corrected chi connectivity index (χ4v) is 2.80. The Labute approximate surface area is 108 Å². The second-order valence-corrected chi connectivity index (χ2v) is 5.79. The minimum atomic E-state index is -0.355. The SMILES string of the molecule is O=C(c1cc(Br)cn1C1CC1)N1CC[C@H](O)C1. The number of carbonyl (C=O) groups is 1. The van der Waals surface area contributed by atoms with Crippen LogP contribution in [-0.2, 0) is 0 Å². The molecule has 1 aliphatic heterocycles. The Morgan fingerprint density at radius 1 is 1.41 bits per heavy atom. The summed E-state index contributed by atoms with van der Waals surface area (Å²) in [6, 6.07) is 2.37. The van der Waals surface area contributed by atoms with E-state index in [-0.39, 0.29) is 12.0 Å². The molecule has 2 aliphatic rings. The van der Waals surface area contributed by atoms with E-state index in [9.17, 15) is 9.90 Å². The molecule has 5 heteroatoms. The minimum Gasteiger partial charge on any atom is -0.391 e. The number of aliphatic hydroxyl groups is 1. The largest absolute Gasteiger partial charge is 0.391 e. The average Bonchev–Trinajstić information content (AvgIpc) is 2.94. The summed E-state index contributed by atoms with van der Waals surface area (Å²) in [5.74, 6) is 0.0409. The number of aromatic nitrogens is 1. The lowest BCUT2D eigenvalue weighted by molar-refractivity contribution is 0.0754. The quantitative estimate of drug-likeness (QED) is 0.905. The number of likely N-dealkylation sites (tertiary alicyclic amines) is 1. The number of hydrogen-bond acceptors (Lipinski definition) is 2. The highest BCUT2D eigenvalue weighted by Gasteiger charge is 2.31. The normalized spacial score (nSPS) is 24.4. The molecule has 0 spiro atoms. The Morgan fingerprint density at radius 3 is 2.76 bits per heavy atom. The number of amides is 1. The lowest BCUT2D eigenvalue weighted by atomic mass is 10.3. The van der Waals surface area contributed by atoms with Crippen molar-refractivity contribution in [1.82, 2.24) is 9.47 Å². The van der Waals surface area contributed by atoms with E-state index in [0.29, 0.717) is 25.6 Å². The van der Waals surface area contributed by atoms with Gasteiger partial charge in [-0.25, -0.2) is 0 Å². The molecule has 1 aromatic heterocycles. The molecule has 0 aromatic carbocycles. The van der Waals surface area contributed by atoms with E-state index < -0.39 is 0 Å². The van der Waals surface area contributed by atoms with Crippen molar-refractivity contribution in [1.29, 1.82) is 0 Å². The number of nitrogens with zero attached hydrogens (tertiary/aromatic N) is 2. The van der Waals surface area contributed by atoms with Crippen LogP contribution < -0.4 is 0 Å². The maximum absolute atomic E-state index is 12.3. The van der Waals surface area contributed by atoms with Gasteiger partial charge in [0.1, 0.15) is 5.69 Å². The minimum absolute atomic E-state index is 0.0409. The summed E-state index contributed by atoms with van der Waals surface area (Å²) >= 11 is 3.43. The zero-order chi connectivity index (χ0) is 12.0. The first-order valence-corrected chi connectivity index (χ1v) is 6.79. The second-order valence-electron chi connectivity index (χ2n) is 4.88. The second kappa shape index (κ2) is 4.14. The number of halogens is 1. The van der Waals surface area contributed by atoms with E-state index in [1.165, 1.54) is 0 Å². The first-order chi connectivity index (χ1) is 8.15. The summed E-state index contributed by atoms with van der Waals surface area (Å²) in [5, 5.41) is 9.48. The first kappa shape index (κ1) is 11.3. The summed E-state index contributed by atoms with van der Waals surface area (Å²) in [7, 11) is 0. The molecule has 0 unspecified atom stereocenters. The topological polar surface area (TPSA) is 45.5 Å². The summed E-state index contributed by atoms with van der Waals surface area (Å²) in [4.78, 5) is 14.1. The summed E-state index contributed by atoms with van der Waals surface area (Å²) < 4.78 is 3.02. The van der Waals surface area contributed by atoms with Gasteiger partial charge < -0.3 is 14.6 Å². The zero-order valence-corrected chi connectivity index (χ0v) is 11.1. The molecule has 17 heavy (non-hydrogen) atoms. The number of hydrogen-bond donors (Lipinski definition) is 1. The van der Waals surface area contributed by atoms with E-state index in [1.807, 2.05) is 12.3 Å². The summed E-state index contributed by atoms with van der Waals surface area (Å²) in [6.45, 7) is 1.12. The molecule has 3 rings (SSSR count). The van der Waals surface area contributed by atoms with Gasteiger partial charge in [0.15, 0.2) is 0 Å². The Balaban J connectivity index is 1.85. The Hall–Kier alpha value is -0.810. The highest BCUT2D eigenvalue weighted by atomic mass is 79.9. The van der Waals surface area contributed by atoms with Gasteiger partial charge in [0, 0.05) is 29.8 Å². The van der Waals surface area contributed by atoms with Crippen molar-refractivity contribution in [2.24, 2.45) is 0 Å². The molecule has 2 heterocycles. The molecule has 2 fully saturated rings. The molecule has 1 saturated carbocycles. The van der Waals surface area contributed by atoms with Gasteiger partial charge in [-0.2, -0.15) is 0 Å². The van der Waals surface area contributed by atoms with Gasteiger partial charge in [0.25, 0.3) is 5.91 Å². The van der Waals surface area contributed by atoms with Crippen molar-refractivity contribution in [3.8, 4) is 0 Å². The van der Waals surface area contributed by atoms with Crippen LogP contribution in [0.1, 0.15) is 35.8 Å². The molecule has 92 valence electrons. The van der Waals surface area contributed by atoms with Crippen molar-refractivity contribution in [2.75, 3.05) is 13.1 Å². The highest BCUT2D eigenvalue weighted by molar-refractivity contribution is 9.10.